The molecule has 0 aliphatic heterocycles. The number of nitrogens with zero attached hydrogens (tertiary/aromatic N) is 1. The minimum Gasteiger partial charge on any atom is -0.324 e. The molecule has 1 aromatic carbocycles. The van der Waals surface area contributed by atoms with E-state index in [1.165, 1.54) is 18.2 Å². The van der Waals surface area contributed by atoms with Gasteiger partial charge in [0.05, 0.1) is 17.8 Å². The molecule has 0 fully saturated rings. The Morgan fingerprint density at radius 1 is 1.22 bits per heavy atom. The number of halogens is 3. The molecule has 2 rings (SSSR count). The lowest BCUT2D eigenvalue weighted by atomic mass is 10.1. The minimum atomic E-state index is -4.49. The van der Waals surface area contributed by atoms with Crippen LogP contribution in [-0.2, 0) is 17.5 Å². The summed E-state index contributed by atoms with van der Waals surface area (Å²) in [6.07, 6.45) is -4.49. The summed E-state index contributed by atoms with van der Waals surface area (Å²) in [5.41, 5.74) is -1.05. The molecule has 0 saturated heterocycles. The van der Waals surface area contributed by atoms with E-state index in [4.69, 9.17) is 0 Å². The highest BCUT2D eigenvalue weighted by atomic mass is 32.1. The van der Waals surface area contributed by atoms with Crippen molar-refractivity contribution >= 4 is 22.9 Å². The Labute approximate surface area is 136 Å². The number of anilines is 1. The number of hydrogen-bond donors (Lipinski definition) is 1. The summed E-state index contributed by atoms with van der Waals surface area (Å²) in [7, 11) is 0. The number of alkyl halides is 3. The highest BCUT2D eigenvalue weighted by Crippen LogP contribution is 2.34. The zero-order chi connectivity index (χ0) is 16.9. The zero-order valence-corrected chi connectivity index (χ0v) is 13.4. The molecule has 1 N–H and O–H groups in total. The smallest absolute Gasteiger partial charge is 0.324 e. The first-order valence-corrected chi connectivity index (χ1v) is 7.99. The fraction of sp³-hybridized carbons (Fsp3) is 0.312. The first-order valence-electron chi connectivity index (χ1n) is 7.11. The van der Waals surface area contributed by atoms with Crippen molar-refractivity contribution < 1.29 is 18.0 Å². The van der Waals surface area contributed by atoms with Crippen molar-refractivity contribution in [1.29, 1.82) is 0 Å². The first-order chi connectivity index (χ1) is 10.9. The number of carbonyl (C=O) groups excluding carboxylic acids is 1. The summed E-state index contributed by atoms with van der Waals surface area (Å²) in [6.45, 7) is 3.18. The third kappa shape index (κ3) is 5.07. The van der Waals surface area contributed by atoms with Crippen LogP contribution in [0.1, 0.15) is 17.4 Å². The molecule has 0 aliphatic rings. The van der Waals surface area contributed by atoms with Crippen LogP contribution in [0.25, 0.3) is 0 Å². The molecular formula is C16H17F3N2OS. The standard InChI is InChI=1S/C16H17F3N2OS/c1-2-21(10-12-6-5-9-23-12)11-15(22)20-14-8-4-3-7-13(14)16(17,18)19/h3-9H,2,10-11H2,1H3,(H,20,22). The predicted molar refractivity (Wildman–Crippen MR) is 85.3 cm³/mol. The Morgan fingerprint density at radius 3 is 2.57 bits per heavy atom. The normalized spacial score (nSPS) is 11.7. The Balaban J connectivity index is 2.02. The van der Waals surface area contributed by atoms with Crippen LogP contribution in [-0.4, -0.2) is 23.9 Å². The Morgan fingerprint density at radius 2 is 1.96 bits per heavy atom. The maximum atomic E-state index is 12.9. The molecule has 23 heavy (non-hydrogen) atoms. The van der Waals surface area contributed by atoms with Crippen molar-refractivity contribution in [2.75, 3.05) is 18.4 Å². The lowest BCUT2D eigenvalue weighted by molar-refractivity contribution is -0.137. The summed E-state index contributed by atoms with van der Waals surface area (Å²) >= 11 is 1.58. The number of para-hydroxylation sites is 1. The fourth-order valence-corrected chi connectivity index (χ4v) is 2.88. The van der Waals surface area contributed by atoms with E-state index in [2.05, 4.69) is 5.32 Å². The molecule has 7 heteroatoms. The van der Waals surface area contributed by atoms with Gasteiger partial charge in [-0.3, -0.25) is 9.69 Å². The summed E-state index contributed by atoms with van der Waals surface area (Å²) in [6, 6.07) is 8.87. The van der Waals surface area contributed by atoms with Crippen molar-refractivity contribution in [2.45, 2.75) is 19.6 Å². The molecule has 0 unspecified atom stereocenters. The lowest BCUT2D eigenvalue weighted by Gasteiger charge is -2.20. The van der Waals surface area contributed by atoms with Gasteiger partial charge in [-0.25, -0.2) is 0 Å². The number of carbonyl (C=O) groups is 1. The highest BCUT2D eigenvalue weighted by Gasteiger charge is 2.33. The monoisotopic (exact) mass is 342 g/mol. The van der Waals surface area contributed by atoms with Crippen LogP contribution >= 0.6 is 11.3 Å². The molecule has 0 saturated carbocycles. The second-order valence-corrected chi connectivity index (χ2v) is 6.01. The van der Waals surface area contributed by atoms with Gasteiger partial charge in [0.1, 0.15) is 0 Å². The van der Waals surface area contributed by atoms with E-state index >= 15 is 0 Å². The molecular weight excluding hydrogens is 325 g/mol. The maximum absolute atomic E-state index is 12.9. The Bertz CT molecular complexity index is 641. The maximum Gasteiger partial charge on any atom is 0.418 e. The molecule has 124 valence electrons. The summed E-state index contributed by atoms with van der Waals surface area (Å²) in [5.74, 6) is -0.458. The average Bonchev–Trinajstić information content (AvgIpc) is 2.99. The number of hydrogen-bond acceptors (Lipinski definition) is 3. The van der Waals surface area contributed by atoms with Crippen molar-refractivity contribution in [2.24, 2.45) is 0 Å². The van der Waals surface area contributed by atoms with Gasteiger partial charge in [0.25, 0.3) is 0 Å². The molecule has 3 nitrogen and oxygen atoms in total. The first kappa shape index (κ1) is 17.5. The molecule has 0 radical (unpaired) electrons. The van der Waals surface area contributed by atoms with E-state index < -0.39 is 17.6 Å². The van der Waals surface area contributed by atoms with Crippen LogP contribution in [0.5, 0.6) is 0 Å². The molecule has 0 aliphatic carbocycles. The molecule has 1 aromatic heterocycles. The number of likely N-dealkylation sites (N-methyl/N-ethyl adjacent to an activating group) is 1. The number of amides is 1. The number of nitrogens with one attached hydrogen (secondary N) is 1. The SMILES string of the molecule is CCN(CC(=O)Nc1ccccc1C(F)(F)F)Cc1cccs1. The topological polar surface area (TPSA) is 32.3 Å². The predicted octanol–water partition coefficient (Wildman–Crippen LogP) is 4.23. The second kappa shape index (κ2) is 7.61. The van der Waals surface area contributed by atoms with Gasteiger partial charge in [0.2, 0.25) is 5.91 Å². The number of benzene rings is 1. The van der Waals surface area contributed by atoms with Gasteiger partial charge >= 0.3 is 6.18 Å². The molecule has 2 aromatic rings. The van der Waals surface area contributed by atoms with Gasteiger partial charge < -0.3 is 5.32 Å². The zero-order valence-electron chi connectivity index (χ0n) is 12.6. The second-order valence-electron chi connectivity index (χ2n) is 4.97. The third-order valence-corrected chi connectivity index (χ3v) is 4.14. The van der Waals surface area contributed by atoms with Crippen LogP contribution in [0, 0.1) is 0 Å². The van der Waals surface area contributed by atoms with Crippen LogP contribution in [0.15, 0.2) is 41.8 Å². The van der Waals surface area contributed by atoms with E-state index in [0.717, 1.165) is 10.9 Å². The molecule has 1 heterocycles. The van der Waals surface area contributed by atoms with Crippen molar-refractivity contribution in [1.82, 2.24) is 4.90 Å². The number of thiophene rings is 1. The Hall–Kier alpha value is -1.86. The molecule has 1 amide bonds. The van der Waals surface area contributed by atoms with E-state index in [-0.39, 0.29) is 12.2 Å². The van der Waals surface area contributed by atoms with E-state index in [9.17, 15) is 18.0 Å². The fourth-order valence-electron chi connectivity index (χ4n) is 2.13. The van der Waals surface area contributed by atoms with Gasteiger partial charge in [-0.05, 0) is 30.1 Å². The number of rotatable bonds is 6. The molecule has 0 spiro atoms. The van der Waals surface area contributed by atoms with E-state index in [1.807, 2.05) is 29.3 Å². The quantitative estimate of drug-likeness (QED) is 0.852. The minimum absolute atomic E-state index is 0.0423. The van der Waals surface area contributed by atoms with Gasteiger partial charge in [0, 0.05) is 11.4 Å². The van der Waals surface area contributed by atoms with Gasteiger partial charge in [-0.2, -0.15) is 13.2 Å². The van der Waals surface area contributed by atoms with Gasteiger partial charge in [0.15, 0.2) is 0 Å². The molecule has 0 bridgehead atoms. The van der Waals surface area contributed by atoms with Crippen molar-refractivity contribution in [3.8, 4) is 0 Å². The van der Waals surface area contributed by atoms with Crippen LogP contribution in [0.3, 0.4) is 0 Å². The van der Waals surface area contributed by atoms with Crippen LogP contribution < -0.4 is 5.32 Å². The lowest BCUT2D eigenvalue weighted by Crippen LogP contribution is -2.33. The molecule has 0 atom stereocenters. The summed E-state index contributed by atoms with van der Waals surface area (Å²) in [5, 5.41) is 4.31. The van der Waals surface area contributed by atoms with Crippen molar-refractivity contribution in [3.63, 3.8) is 0 Å². The van der Waals surface area contributed by atoms with E-state index in [1.54, 1.807) is 11.3 Å². The van der Waals surface area contributed by atoms with Crippen molar-refractivity contribution in [3.05, 3.63) is 52.2 Å². The largest absolute Gasteiger partial charge is 0.418 e. The van der Waals surface area contributed by atoms with Gasteiger partial charge in [-0.15, -0.1) is 11.3 Å². The van der Waals surface area contributed by atoms with Gasteiger partial charge in [-0.1, -0.05) is 25.1 Å². The van der Waals surface area contributed by atoms with E-state index in [0.29, 0.717) is 13.1 Å². The Kier molecular flexibility index (Phi) is 5.79. The summed E-state index contributed by atoms with van der Waals surface area (Å²) < 4.78 is 38.8. The third-order valence-electron chi connectivity index (χ3n) is 3.28. The highest BCUT2D eigenvalue weighted by molar-refractivity contribution is 7.09. The summed E-state index contributed by atoms with van der Waals surface area (Å²) in [4.78, 5) is 15.1. The average molecular weight is 342 g/mol. The van der Waals surface area contributed by atoms with Crippen LogP contribution in [0.2, 0.25) is 0 Å². The van der Waals surface area contributed by atoms with Crippen LogP contribution in [0.4, 0.5) is 18.9 Å².